The molecule has 1 atom stereocenters. The van der Waals surface area contributed by atoms with Crippen molar-refractivity contribution in [1.82, 2.24) is 4.90 Å². The molecule has 1 aliphatic rings. The van der Waals surface area contributed by atoms with Crippen LogP contribution in [-0.4, -0.2) is 44.9 Å². The van der Waals surface area contributed by atoms with Crippen LogP contribution in [0.2, 0.25) is 0 Å². The molecule has 2 rings (SSSR count). The molecule has 0 amide bonds. The summed E-state index contributed by atoms with van der Waals surface area (Å²) < 4.78 is 22.6. The largest absolute Gasteiger partial charge is 0.378 e. The average molecular weight is 328 g/mol. The van der Waals surface area contributed by atoms with Gasteiger partial charge >= 0.3 is 0 Å². The highest BCUT2D eigenvalue weighted by atomic mass is 32.2. The lowest BCUT2D eigenvalue weighted by molar-refractivity contribution is -0.384. The van der Waals surface area contributed by atoms with E-state index in [1.165, 1.54) is 12.1 Å². The van der Waals surface area contributed by atoms with E-state index in [0.717, 1.165) is 18.9 Å². The Kier molecular flexibility index (Phi) is 4.69. The molecule has 0 aliphatic heterocycles. The highest BCUT2D eigenvalue weighted by Gasteiger charge is 2.32. The van der Waals surface area contributed by atoms with Crippen LogP contribution in [0, 0.1) is 16.0 Å². The van der Waals surface area contributed by atoms with E-state index < -0.39 is 14.9 Å². The Morgan fingerprint density at radius 1 is 1.45 bits per heavy atom. The molecular weight excluding hydrogens is 308 g/mol. The second-order valence-corrected chi connectivity index (χ2v) is 7.29. The van der Waals surface area contributed by atoms with Gasteiger partial charge in [-0.2, -0.15) is 0 Å². The number of nitro groups is 1. The van der Waals surface area contributed by atoms with E-state index in [1.807, 2.05) is 14.1 Å². The average Bonchev–Trinajstić information content (AvgIpc) is 3.21. The molecular formula is C13H20N4O4S. The summed E-state index contributed by atoms with van der Waals surface area (Å²) in [6, 6.07) is 3.93. The fourth-order valence-electron chi connectivity index (χ4n) is 2.46. The summed E-state index contributed by atoms with van der Waals surface area (Å²) in [5.74, 6) is 0.602. The molecule has 0 radical (unpaired) electrons. The second kappa shape index (κ2) is 6.19. The van der Waals surface area contributed by atoms with Crippen molar-refractivity contribution in [1.29, 1.82) is 0 Å². The number of nitrogens with one attached hydrogen (secondary N) is 1. The number of primary sulfonamides is 1. The Morgan fingerprint density at radius 3 is 2.55 bits per heavy atom. The quantitative estimate of drug-likeness (QED) is 0.569. The van der Waals surface area contributed by atoms with Crippen molar-refractivity contribution in [2.75, 3.05) is 26.0 Å². The molecule has 9 heteroatoms. The van der Waals surface area contributed by atoms with Gasteiger partial charge in [0.2, 0.25) is 10.0 Å². The zero-order valence-corrected chi connectivity index (χ0v) is 13.3. The summed E-state index contributed by atoms with van der Waals surface area (Å²) in [6.07, 6.45) is 2.33. The number of nitrogens with zero attached hydrogens (tertiary/aromatic N) is 2. The highest BCUT2D eigenvalue weighted by molar-refractivity contribution is 7.89. The third-order valence-electron chi connectivity index (χ3n) is 3.83. The van der Waals surface area contributed by atoms with Gasteiger partial charge in [0.25, 0.3) is 5.69 Å². The van der Waals surface area contributed by atoms with E-state index in [4.69, 9.17) is 5.14 Å². The second-order valence-electron chi connectivity index (χ2n) is 5.73. The van der Waals surface area contributed by atoms with Crippen molar-refractivity contribution in [2.24, 2.45) is 11.1 Å². The summed E-state index contributed by atoms with van der Waals surface area (Å²) in [5, 5.41) is 19.2. The summed E-state index contributed by atoms with van der Waals surface area (Å²) in [4.78, 5) is 12.4. The maximum Gasteiger partial charge on any atom is 0.293 e. The first-order valence-corrected chi connectivity index (χ1v) is 8.46. The lowest BCUT2D eigenvalue weighted by Gasteiger charge is -2.24. The minimum Gasteiger partial charge on any atom is -0.378 e. The summed E-state index contributed by atoms with van der Waals surface area (Å²) >= 11 is 0. The molecule has 8 nitrogen and oxygen atoms in total. The predicted molar refractivity (Wildman–Crippen MR) is 83.2 cm³/mol. The van der Waals surface area contributed by atoms with Crippen LogP contribution >= 0.6 is 0 Å². The number of likely N-dealkylation sites (N-methyl/N-ethyl adjacent to an activating group) is 1. The molecule has 1 fully saturated rings. The van der Waals surface area contributed by atoms with E-state index in [-0.39, 0.29) is 16.6 Å². The number of sulfonamides is 1. The zero-order valence-electron chi connectivity index (χ0n) is 12.5. The van der Waals surface area contributed by atoms with Gasteiger partial charge in [0.1, 0.15) is 5.69 Å². The maximum atomic E-state index is 11.3. The summed E-state index contributed by atoms with van der Waals surface area (Å²) in [7, 11) is -0.0135. The van der Waals surface area contributed by atoms with Crippen molar-refractivity contribution in [3.05, 3.63) is 28.3 Å². The lowest BCUT2D eigenvalue weighted by atomic mass is 10.1. The molecule has 1 saturated carbocycles. The Balaban J connectivity index is 2.21. The van der Waals surface area contributed by atoms with Gasteiger partial charge in [-0.3, -0.25) is 10.1 Å². The minimum atomic E-state index is -3.96. The molecule has 1 unspecified atom stereocenters. The van der Waals surface area contributed by atoms with Gasteiger partial charge < -0.3 is 10.2 Å². The molecule has 1 aromatic rings. The van der Waals surface area contributed by atoms with E-state index in [0.29, 0.717) is 18.2 Å². The van der Waals surface area contributed by atoms with Gasteiger partial charge in [-0.25, -0.2) is 13.6 Å². The Morgan fingerprint density at radius 2 is 2.09 bits per heavy atom. The number of hydrogen-bond acceptors (Lipinski definition) is 6. The minimum absolute atomic E-state index is 0.267. The number of hydrogen-bond donors (Lipinski definition) is 2. The smallest absolute Gasteiger partial charge is 0.293 e. The van der Waals surface area contributed by atoms with Crippen molar-refractivity contribution < 1.29 is 13.3 Å². The number of benzene rings is 1. The van der Waals surface area contributed by atoms with Gasteiger partial charge in [-0.15, -0.1) is 0 Å². The van der Waals surface area contributed by atoms with E-state index in [1.54, 1.807) is 0 Å². The predicted octanol–water partition coefficient (Wildman–Crippen LogP) is 0.994. The molecule has 22 heavy (non-hydrogen) atoms. The fraction of sp³-hybridized carbons (Fsp3) is 0.538. The van der Waals surface area contributed by atoms with E-state index >= 15 is 0 Å². The molecule has 1 aliphatic carbocycles. The zero-order chi connectivity index (χ0) is 16.5. The molecule has 122 valence electrons. The molecule has 0 heterocycles. The molecule has 1 aromatic carbocycles. The third kappa shape index (κ3) is 3.93. The SMILES string of the molecule is CN(C)C(CNc1ccc(S(N)(=O)=O)cc1[N+](=O)[O-])C1CC1. The molecule has 3 N–H and O–H groups in total. The van der Waals surface area contributed by atoms with Crippen molar-refractivity contribution in [3.8, 4) is 0 Å². The third-order valence-corrected chi connectivity index (χ3v) is 4.74. The Hall–Kier alpha value is -1.71. The topological polar surface area (TPSA) is 119 Å². The molecule has 0 aromatic heterocycles. The van der Waals surface area contributed by atoms with Crippen LogP contribution in [0.25, 0.3) is 0 Å². The number of nitro benzene ring substituents is 1. The van der Waals surface area contributed by atoms with Crippen LogP contribution in [0.4, 0.5) is 11.4 Å². The number of anilines is 1. The van der Waals surface area contributed by atoms with Gasteiger partial charge in [-0.1, -0.05) is 0 Å². The lowest BCUT2D eigenvalue weighted by Crippen LogP contribution is -2.36. The van der Waals surface area contributed by atoms with Crippen LogP contribution in [-0.2, 0) is 10.0 Å². The normalized spacial score (nSPS) is 16.5. The maximum absolute atomic E-state index is 11.3. The van der Waals surface area contributed by atoms with Gasteiger partial charge in [0.15, 0.2) is 0 Å². The van der Waals surface area contributed by atoms with Crippen molar-refractivity contribution in [2.45, 2.75) is 23.8 Å². The van der Waals surface area contributed by atoms with Crippen molar-refractivity contribution >= 4 is 21.4 Å². The van der Waals surface area contributed by atoms with Crippen molar-refractivity contribution in [3.63, 3.8) is 0 Å². The van der Waals surface area contributed by atoms with Crippen LogP contribution < -0.4 is 10.5 Å². The Labute approximate surface area is 129 Å². The van der Waals surface area contributed by atoms with Gasteiger partial charge in [0, 0.05) is 18.7 Å². The molecule has 0 bridgehead atoms. The number of nitrogens with two attached hydrogens (primary N) is 1. The van der Waals surface area contributed by atoms with E-state index in [2.05, 4.69) is 10.2 Å². The molecule has 0 spiro atoms. The summed E-state index contributed by atoms with van der Waals surface area (Å²) in [6.45, 7) is 0.563. The van der Waals surface area contributed by atoms with E-state index in [9.17, 15) is 18.5 Å². The highest BCUT2D eigenvalue weighted by Crippen LogP contribution is 2.35. The number of rotatable bonds is 7. The van der Waals surface area contributed by atoms with Gasteiger partial charge in [-0.05, 0) is 45.0 Å². The van der Waals surface area contributed by atoms with Crippen LogP contribution in [0.1, 0.15) is 12.8 Å². The fourth-order valence-corrected chi connectivity index (χ4v) is 2.99. The molecule has 0 saturated heterocycles. The van der Waals surface area contributed by atoms with Crippen LogP contribution in [0.5, 0.6) is 0 Å². The van der Waals surface area contributed by atoms with Crippen LogP contribution in [0.15, 0.2) is 23.1 Å². The van der Waals surface area contributed by atoms with Gasteiger partial charge in [0.05, 0.1) is 9.82 Å². The monoisotopic (exact) mass is 328 g/mol. The standard InChI is InChI=1S/C13H20N4O4S/c1-16(2)13(9-3-4-9)8-15-11-6-5-10(22(14,20)21)7-12(11)17(18)19/h5-7,9,13,15H,3-4,8H2,1-2H3,(H2,14,20,21). The first-order valence-electron chi connectivity index (χ1n) is 6.91. The van der Waals surface area contributed by atoms with Crippen LogP contribution in [0.3, 0.4) is 0 Å². The Bertz CT molecular complexity index is 669. The first kappa shape index (κ1) is 16.7. The summed E-state index contributed by atoms with van der Waals surface area (Å²) in [5.41, 5.74) is 0.00438. The first-order chi connectivity index (χ1) is 10.2.